The average Bonchev–Trinajstić information content (AvgIpc) is 2.67. The van der Waals surface area contributed by atoms with Crippen molar-refractivity contribution in [1.82, 2.24) is 0 Å². The molecule has 0 aliphatic carbocycles. The van der Waals surface area contributed by atoms with Crippen LogP contribution >= 0.6 is 0 Å². The smallest absolute Gasteiger partial charge is 0.416 e. The molecular weight excluding hydrogens is 377 g/mol. The highest BCUT2D eigenvalue weighted by Gasteiger charge is 2.30. The zero-order chi connectivity index (χ0) is 21.3. The summed E-state index contributed by atoms with van der Waals surface area (Å²) >= 11 is 0. The number of esters is 1. The van der Waals surface area contributed by atoms with Gasteiger partial charge in [0.15, 0.2) is 0 Å². The summed E-state index contributed by atoms with van der Waals surface area (Å²) in [5.41, 5.74) is -0.149. The first-order valence-electron chi connectivity index (χ1n) is 8.25. The Morgan fingerprint density at radius 3 is 2.39 bits per heavy atom. The first-order chi connectivity index (χ1) is 13.1. The second-order valence-corrected chi connectivity index (χ2v) is 5.79. The maximum absolute atomic E-state index is 12.8. The second kappa shape index (κ2) is 10.6. The quantitative estimate of drug-likeness (QED) is 0.219. The SMILES string of the molecule is COC(=O)C=C(OC)C(C)C(C=NN=C(C)c1cccc(C(F)(F)F)c1)OC. The molecule has 0 saturated heterocycles. The van der Waals surface area contributed by atoms with Gasteiger partial charge in [0.1, 0.15) is 11.9 Å². The lowest BCUT2D eigenvalue weighted by atomic mass is 10.0. The third-order valence-electron chi connectivity index (χ3n) is 3.94. The minimum Gasteiger partial charge on any atom is -0.500 e. The standard InChI is InChI=1S/C19H23F3N2O4/c1-12(16(26-3)10-18(25)28-5)17(27-4)11-23-24-13(2)14-7-6-8-15(9-14)19(20,21)22/h6-12,17H,1-5H3. The van der Waals surface area contributed by atoms with Crippen LogP contribution in [0.3, 0.4) is 0 Å². The van der Waals surface area contributed by atoms with Crippen molar-refractivity contribution in [2.75, 3.05) is 21.3 Å². The fourth-order valence-electron chi connectivity index (χ4n) is 2.27. The van der Waals surface area contributed by atoms with E-state index in [1.165, 1.54) is 45.8 Å². The number of carbonyl (C=O) groups is 1. The Balaban J connectivity index is 2.98. The van der Waals surface area contributed by atoms with Gasteiger partial charge >= 0.3 is 12.1 Å². The van der Waals surface area contributed by atoms with Crippen LogP contribution in [0, 0.1) is 5.92 Å². The highest BCUT2D eigenvalue weighted by Crippen LogP contribution is 2.29. The molecule has 2 atom stereocenters. The van der Waals surface area contributed by atoms with Gasteiger partial charge in [0.2, 0.25) is 0 Å². The Morgan fingerprint density at radius 1 is 1.18 bits per heavy atom. The van der Waals surface area contributed by atoms with Crippen LogP contribution in [0.5, 0.6) is 0 Å². The monoisotopic (exact) mass is 400 g/mol. The molecule has 0 N–H and O–H groups in total. The van der Waals surface area contributed by atoms with Crippen LogP contribution in [0.15, 0.2) is 46.3 Å². The Kier molecular flexibility index (Phi) is 8.84. The summed E-state index contributed by atoms with van der Waals surface area (Å²) in [6.45, 7) is 3.30. The molecule has 28 heavy (non-hydrogen) atoms. The van der Waals surface area contributed by atoms with Gasteiger partial charge in [-0.2, -0.15) is 23.4 Å². The van der Waals surface area contributed by atoms with Crippen LogP contribution < -0.4 is 0 Å². The van der Waals surface area contributed by atoms with Gasteiger partial charge in [0.05, 0.1) is 37.8 Å². The molecule has 1 rings (SSSR count). The van der Waals surface area contributed by atoms with Crippen molar-refractivity contribution in [3.8, 4) is 0 Å². The molecule has 0 amide bonds. The average molecular weight is 400 g/mol. The number of carbonyl (C=O) groups excluding carboxylic acids is 1. The van der Waals surface area contributed by atoms with Crippen LogP contribution in [0.2, 0.25) is 0 Å². The van der Waals surface area contributed by atoms with E-state index in [4.69, 9.17) is 9.47 Å². The number of rotatable bonds is 8. The molecule has 154 valence electrons. The molecule has 9 heteroatoms. The highest BCUT2D eigenvalue weighted by atomic mass is 19.4. The summed E-state index contributed by atoms with van der Waals surface area (Å²) in [6.07, 6.45) is -2.44. The Hall–Kier alpha value is -2.68. The Labute approximate surface area is 161 Å². The molecule has 2 unspecified atom stereocenters. The Morgan fingerprint density at radius 2 is 1.86 bits per heavy atom. The number of ether oxygens (including phenoxy) is 3. The van der Waals surface area contributed by atoms with E-state index in [1.807, 2.05) is 0 Å². The largest absolute Gasteiger partial charge is 0.500 e. The minimum atomic E-state index is -4.43. The lowest BCUT2D eigenvalue weighted by Gasteiger charge is -2.20. The zero-order valence-electron chi connectivity index (χ0n) is 16.3. The zero-order valence-corrected chi connectivity index (χ0v) is 16.3. The molecule has 0 aliphatic rings. The van der Waals surface area contributed by atoms with Crippen molar-refractivity contribution in [3.05, 3.63) is 47.2 Å². The number of halogens is 3. The summed E-state index contributed by atoms with van der Waals surface area (Å²) in [7, 11) is 4.10. The lowest BCUT2D eigenvalue weighted by molar-refractivity contribution is -0.137. The van der Waals surface area contributed by atoms with E-state index in [0.717, 1.165) is 12.1 Å². The fourth-order valence-corrected chi connectivity index (χ4v) is 2.27. The van der Waals surface area contributed by atoms with Crippen LogP contribution in [-0.2, 0) is 25.2 Å². The number of alkyl halides is 3. The molecule has 0 aromatic heterocycles. The minimum absolute atomic E-state index is 0.303. The number of hydrogen-bond donors (Lipinski definition) is 0. The van der Waals surface area contributed by atoms with E-state index >= 15 is 0 Å². The predicted molar refractivity (Wildman–Crippen MR) is 99.2 cm³/mol. The van der Waals surface area contributed by atoms with Gasteiger partial charge in [-0.3, -0.25) is 0 Å². The summed E-state index contributed by atoms with van der Waals surface area (Å²) < 4.78 is 53.5. The van der Waals surface area contributed by atoms with Crippen molar-refractivity contribution >= 4 is 17.9 Å². The van der Waals surface area contributed by atoms with E-state index in [1.54, 1.807) is 13.8 Å². The molecule has 0 saturated carbocycles. The van der Waals surface area contributed by atoms with Gasteiger partial charge in [-0.05, 0) is 24.6 Å². The highest BCUT2D eigenvalue weighted by molar-refractivity contribution is 5.99. The number of methoxy groups -OCH3 is 3. The molecule has 6 nitrogen and oxygen atoms in total. The molecular formula is C19H23F3N2O4. The summed E-state index contributed by atoms with van der Waals surface area (Å²) in [4.78, 5) is 11.4. The second-order valence-electron chi connectivity index (χ2n) is 5.79. The van der Waals surface area contributed by atoms with Crippen molar-refractivity contribution in [2.45, 2.75) is 26.1 Å². The third-order valence-corrected chi connectivity index (χ3v) is 3.94. The summed E-state index contributed by atoms with van der Waals surface area (Å²) in [5.74, 6) is -0.639. The van der Waals surface area contributed by atoms with Crippen LogP contribution in [-0.4, -0.2) is 45.3 Å². The van der Waals surface area contributed by atoms with Gasteiger partial charge < -0.3 is 14.2 Å². The van der Waals surface area contributed by atoms with Gasteiger partial charge in [0.25, 0.3) is 0 Å². The van der Waals surface area contributed by atoms with Crippen molar-refractivity contribution in [3.63, 3.8) is 0 Å². The van der Waals surface area contributed by atoms with Crippen molar-refractivity contribution in [1.29, 1.82) is 0 Å². The number of nitrogens with zero attached hydrogens (tertiary/aromatic N) is 2. The summed E-state index contributed by atoms with van der Waals surface area (Å²) in [5, 5.41) is 7.84. The maximum Gasteiger partial charge on any atom is 0.416 e. The number of benzene rings is 1. The maximum atomic E-state index is 12.8. The van der Waals surface area contributed by atoms with E-state index in [9.17, 15) is 18.0 Å². The molecule has 1 aromatic rings. The van der Waals surface area contributed by atoms with E-state index in [2.05, 4.69) is 14.9 Å². The van der Waals surface area contributed by atoms with Crippen LogP contribution in [0.1, 0.15) is 25.0 Å². The molecule has 0 fully saturated rings. The van der Waals surface area contributed by atoms with Gasteiger partial charge in [-0.25, -0.2) is 4.79 Å². The van der Waals surface area contributed by atoms with Crippen LogP contribution in [0.4, 0.5) is 13.2 Å². The summed E-state index contributed by atoms with van der Waals surface area (Å²) in [6, 6.07) is 4.82. The molecule has 0 aliphatic heterocycles. The predicted octanol–water partition coefficient (Wildman–Crippen LogP) is 3.85. The lowest BCUT2D eigenvalue weighted by Crippen LogP contribution is -2.25. The topological polar surface area (TPSA) is 69.5 Å². The first kappa shape index (κ1) is 23.4. The van der Waals surface area contributed by atoms with E-state index in [0.29, 0.717) is 17.0 Å². The van der Waals surface area contributed by atoms with Gasteiger partial charge in [-0.15, -0.1) is 0 Å². The van der Waals surface area contributed by atoms with E-state index in [-0.39, 0.29) is 5.92 Å². The molecule has 0 bridgehead atoms. The fraction of sp³-hybridized carbons (Fsp3) is 0.421. The van der Waals surface area contributed by atoms with Gasteiger partial charge in [-0.1, -0.05) is 19.1 Å². The van der Waals surface area contributed by atoms with Crippen LogP contribution in [0.25, 0.3) is 0 Å². The van der Waals surface area contributed by atoms with E-state index < -0.39 is 23.8 Å². The first-order valence-corrected chi connectivity index (χ1v) is 8.25. The van der Waals surface area contributed by atoms with Gasteiger partial charge in [0, 0.05) is 13.0 Å². The third kappa shape index (κ3) is 6.80. The van der Waals surface area contributed by atoms with Crippen molar-refractivity contribution in [2.24, 2.45) is 16.1 Å². The number of hydrogen-bond acceptors (Lipinski definition) is 6. The normalized spacial score (nSPS) is 15.4. The van der Waals surface area contributed by atoms with Crippen molar-refractivity contribution < 1.29 is 32.2 Å². The molecule has 0 radical (unpaired) electrons. The Bertz CT molecular complexity index is 758. The molecule has 0 spiro atoms. The molecule has 1 aromatic carbocycles. The molecule has 0 heterocycles.